The third-order valence-corrected chi connectivity index (χ3v) is 4.62. The molecular weight excluding hydrogens is 427 g/mol. The van der Waals surface area contributed by atoms with E-state index in [4.69, 9.17) is 4.74 Å². The van der Waals surface area contributed by atoms with Gasteiger partial charge in [0.25, 0.3) is 0 Å². The van der Waals surface area contributed by atoms with E-state index in [-0.39, 0.29) is 12.8 Å². The second-order valence-electron chi connectivity index (χ2n) is 5.81. The number of carbonyl (C=O) groups excluding carboxylic acids is 2. The zero-order valence-corrected chi connectivity index (χ0v) is 15.9. The molecule has 2 aromatic carbocycles. The predicted octanol–water partition coefficient (Wildman–Crippen LogP) is 3.91. The smallest absolute Gasteiger partial charge is 0.416 e. The predicted molar refractivity (Wildman–Crippen MR) is 96.9 cm³/mol. The fraction of sp³-hybridized carbons (Fsp3) is 0.263. The van der Waals surface area contributed by atoms with Crippen LogP contribution in [0.15, 0.2) is 53.0 Å². The molecule has 1 N–H and O–H groups in total. The number of nitrogens with one attached hydrogen (secondary N) is 1. The SMILES string of the molecule is COC(=O)[C@@H](Cc1ccccc1Br)NC(=O)Cc1ccc(C(F)(F)F)cc1. The maximum Gasteiger partial charge on any atom is 0.416 e. The van der Waals surface area contributed by atoms with Crippen LogP contribution >= 0.6 is 15.9 Å². The topological polar surface area (TPSA) is 55.4 Å². The summed E-state index contributed by atoms with van der Waals surface area (Å²) in [5.41, 5.74) is 0.431. The van der Waals surface area contributed by atoms with Crippen LogP contribution in [0.25, 0.3) is 0 Å². The Morgan fingerprint density at radius 1 is 1.11 bits per heavy atom. The molecule has 1 amide bonds. The van der Waals surface area contributed by atoms with Crippen LogP contribution in [-0.4, -0.2) is 25.0 Å². The maximum absolute atomic E-state index is 12.6. The number of alkyl halides is 3. The molecule has 0 aliphatic heterocycles. The largest absolute Gasteiger partial charge is 0.467 e. The van der Waals surface area contributed by atoms with E-state index in [2.05, 4.69) is 21.2 Å². The van der Waals surface area contributed by atoms with Crippen molar-refractivity contribution in [3.05, 3.63) is 69.7 Å². The number of hydrogen-bond donors (Lipinski definition) is 1. The Balaban J connectivity index is 2.05. The molecule has 144 valence electrons. The normalized spacial score (nSPS) is 12.3. The molecule has 0 aliphatic carbocycles. The van der Waals surface area contributed by atoms with Crippen molar-refractivity contribution in [2.24, 2.45) is 0 Å². The van der Waals surface area contributed by atoms with Gasteiger partial charge in [0.05, 0.1) is 19.1 Å². The third kappa shape index (κ3) is 6.09. The second-order valence-corrected chi connectivity index (χ2v) is 6.66. The summed E-state index contributed by atoms with van der Waals surface area (Å²) in [6.45, 7) is 0. The Morgan fingerprint density at radius 3 is 2.30 bits per heavy atom. The molecule has 4 nitrogen and oxygen atoms in total. The minimum Gasteiger partial charge on any atom is -0.467 e. The van der Waals surface area contributed by atoms with Crippen LogP contribution in [0.1, 0.15) is 16.7 Å². The molecule has 0 fully saturated rings. The van der Waals surface area contributed by atoms with Crippen LogP contribution in [0, 0.1) is 0 Å². The van der Waals surface area contributed by atoms with Gasteiger partial charge in [0.1, 0.15) is 6.04 Å². The standard InChI is InChI=1S/C19H17BrF3NO3/c1-27-18(26)16(11-13-4-2-3-5-15(13)20)24-17(25)10-12-6-8-14(9-7-12)19(21,22)23/h2-9,16H,10-11H2,1H3,(H,24,25)/t16-/m1/s1. The lowest BCUT2D eigenvalue weighted by Gasteiger charge is -2.17. The quantitative estimate of drug-likeness (QED) is 0.688. The first kappa shape index (κ1) is 21.0. The van der Waals surface area contributed by atoms with Gasteiger partial charge in [0.15, 0.2) is 0 Å². The summed E-state index contributed by atoms with van der Waals surface area (Å²) < 4.78 is 43.3. The molecule has 0 spiro atoms. The fourth-order valence-corrected chi connectivity index (χ4v) is 2.91. The second kappa shape index (κ2) is 9.03. The van der Waals surface area contributed by atoms with Crippen LogP contribution in [0.3, 0.4) is 0 Å². The molecule has 1 atom stereocenters. The van der Waals surface area contributed by atoms with E-state index >= 15 is 0 Å². The highest BCUT2D eigenvalue weighted by molar-refractivity contribution is 9.10. The number of benzene rings is 2. The minimum atomic E-state index is -4.43. The number of carbonyl (C=O) groups is 2. The van der Waals surface area contributed by atoms with Gasteiger partial charge in [-0.1, -0.05) is 46.3 Å². The zero-order chi connectivity index (χ0) is 20.0. The average molecular weight is 444 g/mol. The molecular formula is C19H17BrF3NO3. The van der Waals surface area contributed by atoms with Crippen molar-refractivity contribution in [3.63, 3.8) is 0 Å². The monoisotopic (exact) mass is 443 g/mol. The summed E-state index contributed by atoms with van der Waals surface area (Å²) in [5.74, 6) is -1.09. The number of rotatable bonds is 6. The molecule has 2 aromatic rings. The maximum atomic E-state index is 12.6. The van der Waals surface area contributed by atoms with Crippen LogP contribution in [0.4, 0.5) is 13.2 Å². The summed E-state index contributed by atoms with van der Waals surface area (Å²) in [7, 11) is 1.22. The lowest BCUT2D eigenvalue weighted by atomic mass is 10.0. The Bertz CT molecular complexity index is 807. The molecule has 8 heteroatoms. The van der Waals surface area contributed by atoms with Crippen molar-refractivity contribution < 1.29 is 27.5 Å². The Kier molecular flexibility index (Phi) is 7.01. The number of halogens is 4. The van der Waals surface area contributed by atoms with Crippen LogP contribution in [-0.2, 0) is 33.3 Å². The van der Waals surface area contributed by atoms with Gasteiger partial charge in [-0.15, -0.1) is 0 Å². The lowest BCUT2D eigenvalue weighted by molar-refractivity contribution is -0.145. The van der Waals surface area contributed by atoms with E-state index in [0.717, 1.165) is 22.2 Å². The van der Waals surface area contributed by atoms with Gasteiger partial charge in [-0.3, -0.25) is 4.79 Å². The number of ether oxygens (including phenoxy) is 1. The first-order valence-corrected chi connectivity index (χ1v) is 8.76. The number of esters is 1. The van der Waals surface area contributed by atoms with E-state index in [1.807, 2.05) is 18.2 Å². The van der Waals surface area contributed by atoms with Gasteiger partial charge in [0, 0.05) is 10.9 Å². The highest BCUT2D eigenvalue weighted by Gasteiger charge is 2.30. The molecule has 0 radical (unpaired) electrons. The van der Waals surface area contributed by atoms with Crippen LogP contribution in [0.2, 0.25) is 0 Å². The Hall–Kier alpha value is -2.35. The lowest BCUT2D eigenvalue weighted by Crippen LogP contribution is -2.43. The van der Waals surface area contributed by atoms with Gasteiger partial charge < -0.3 is 10.1 Å². The molecule has 0 aliphatic rings. The summed E-state index contributed by atoms with van der Waals surface area (Å²) >= 11 is 3.38. The van der Waals surface area contributed by atoms with E-state index in [1.165, 1.54) is 19.2 Å². The molecule has 2 rings (SSSR count). The molecule has 0 aromatic heterocycles. The van der Waals surface area contributed by atoms with Crippen molar-refractivity contribution in [2.45, 2.75) is 25.1 Å². The summed E-state index contributed by atoms with van der Waals surface area (Å²) in [4.78, 5) is 24.2. The third-order valence-electron chi connectivity index (χ3n) is 3.85. The first-order chi connectivity index (χ1) is 12.7. The van der Waals surface area contributed by atoms with E-state index < -0.39 is 29.7 Å². The number of methoxy groups -OCH3 is 1. The van der Waals surface area contributed by atoms with Gasteiger partial charge in [-0.25, -0.2) is 4.79 Å². The van der Waals surface area contributed by atoms with E-state index in [0.29, 0.717) is 5.56 Å². The fourth-order valence-electron chi connectivity index (χ4n) is 2.46. The van der Waals surface area contributed by atoms with Gasteiger partial charge in [0.2, 0.25) is 5.91 Å². The zero-order valence-electron chi connectivity index (χ0n) is 14.3. The van der Waals surface area contributed by atoms with E-state index in [1.54, 1.807) is 6.07 Å². The highest BCUT2D eigenvalue weighted by atomic mass is 79.9. The molecule has 27 heavy (non-hydrogen) atoms. The summed E-state index contributed by atoms with van der Waals surface area (Å²) in [6, 6.07) is 10.7. The van der Waals surface area contributed by atoms with Gasteiger partial charge in [-0.2, -0.15) is 13.2 Å². The van der Waals surface area contributed by atoms with Crippen molar-refractivity contribution in [2.75, 3.05) is 7.11 Å². The molecule has 0 unspecified atom stereocenters. The molecule has 0 saturated heterocycles. The number of hydrogen-bond acceptors (Lipinski definition) is 3. The highest BCUT2D eigenvalue weighted by Crippen LogP contribution is 2.29. The minimum absolute atomic E-state index is 0.151. The first-order valence-electron chi connectivity index (χ1n) is 7.97. The molecule has 0 saturated carbocycles. The van der Waals surface area contributed by atoms with Crippen LogP contribution < -0.4 is 5.32 Å². The van der Waals surface area contributed by atoms with Crippen molar-refractivity contribution in [3.8, 4) is 0 Å². The summed E-state index contributed by atoms with van der Waals surface area (Å²) in [6.07, 6.45) is -4.37. The van der Waals surface area contributed by atoms with Gasteiger partial charge in [-0.05, 0) is 29.3 Å². The van der Waals surface area contributed by atoms with Gasteiger partial charge >= 0.3 is 12.1 Å². The average Bonchev–Trinajstić information content (AvgIpc) is 2.62. The molecule has 0 heterocycles. The Labute approximate surface area is 162 Å². The van der Waals surface area contributed by atoms with Crippen molar-refractivity contribution in [1.29, 1.82) is 0 Å². The number of amides is 1. The van der Waals surface area contributed by atoms with Crippen molar-refractivity contribution >= 4 is 27.8 Å². The Morgan fingerprint density at radius 2 is 1.74 bits per heavy atom. The molecule has 0 bridgehead atoms. The van der Waals surface area contributed by atoms with E-state index in [9.17, 15) is 22.8 Å². The van der Waals surface area contributed by atoms with Crippen molar-refractivity contribution in [1.82, 2.24) is 5.32 Å². The van der Waals surface area contributed by atoms with Crippen LogP contribution in [0.5, 0.6) is 0 Å². The summed E-state index contributed by atoms with van der Waals surface area (Å²) in [5, 5.41) is 2.58.